The Kier molecular flexibility index (Phi) is 4.33. The van der Waals surface area contributed by atoms with Crippen molar-refractivity contribution in [2.24, 2.45) is 5.92 Å². The molecule has 0 spiro atoms. The Bertz CT molecular complexity index is 566. The van der Waals surface area contributed by atoms with Crippen molar-refractivity contribution in [1.29, 1.82) is 0 Å². The van der Waals surface area contributed by atoms with Crippen molar-refractivity contribution in [1.82, 2.24) is 20.6 Å². The van der Waals surface area contributed by atoms with Crippen LogP contribution >= 0.6 is 0 Å². The van der Waals surface area contributed by atoms with Crippen molar-refractivity contribution >= 4 is 6.09 Å². The lowest BCUT2D eigenvalue weighted by Crippen LogP contribution is -2.70. The molecule has 128 valence electrons. The van der Waals surface area contributed by atoms with Gasteiger partial charge in [0.25, 0.3) is 0 Å². The number of imidazole rings is 1. The number of nitrogens with zero attached hydrogens (tertiary/aromatic N) is 1. The van der Waals surface area contributed by atoms with Gasteiger partial charge in [0.2, 0.25) is 0 Å². The lowest BCUT2D eigenvalue weighted by Gasteiger charge is -2.48. The monoisotopic (exact) mass is 322 g/mol. The summed E-state index contributed by atoms with van der Waals surface area (Å²) in [7, 11) is 0. The number of aryl methyl sites for hydroxylation is 1. The molecule has 0 radical (unpaired) electrons. The first-order valence-corrected chi connectivity index (χ1v) is 8.18. The highest BCUT2D eigenvalue weighted by Gasteiger charge is 2.54. The van der Waals surface area contributed by atoms with Gasteiger partial charge in [-0.25, -0.2) is 9.78 Å². The fourth-order valence-corrected chi connectivity index (χ4v) is 3.37. The number of aromatic amines is 1. The Labute approximate surface area is 136 Å². The molecule has 1 aromatic heterocycles. The number of amides is 1. The van der Waals surface area contributed by atoms with Gasteiger partial charge in [-0.2, -0.15) is 0 Å². The van der Waals surface area contributed by atoms with Gasteiger partial charge in [-0.05, 0) is 34.1 Å². The van der Waals surface area contributed by atoms with Crippen molar-refractivity contribution in [3.8, 4) is 0 Å². The Morgan fingerprint density at radius 2 is 2.26 bits per heavy atom. The second kappa shape index (κ2) is 6.13. The molecule has 4 atom stereocenters. The Balaban J connectivity index is 1.59. The first kappa shape index (κ1) is 16.3. The molecule has 0 aromatic carbocycles. The molecule has 2 aliphatic rings. The smallest absolute Gasteiger partial charge is 0.407 e. The molecule has 2 fully saturated rings. The summed E-state index contributed by atoms with van der Waals surface area (Å²) in [5, 5.41) is 6.48. The van der Waals surface area contributed by atoms with Crippen LogP contribution in [-0.2, 0) is 16.0 Å². The summed E-state index contributed by atoms with van der Waals surface area (Å²) in [6.07, 6.45) is 2.47. The predicted octanol–water partition coefficient (Wildman–Crippen LogP) is 1.49. The van der Waals surface area contributed by atoms with Crippen LogP contribution in [0.3, 0.4) is 0 Å². The molecule has 1 aliphatic carbocycles. The average molecular weight is 322 g/mol. The van der Waals surface area contributed by atoms with Gasteiger partial charge in [-0.15, -0.1) is 0 Å². The predicted molar refractivity (Wildman–Crippen MR) is 85.0 cm³/mol. The zero-order chi connectivity index (χ0) is 16.6. The molecule has 7 heteroatoms. The number of carbonyl (C=O) groups excluding carboxylic acids is 1. The number of alkyl carbamates (subject to hydrolysis) is 1. The van der Waals surface area contributed by atoms with Crippen LogP contribution in [0.15, 0.2) is 6.33 Å². The third-order valence-electron chi connectivity index (χ3n) is 4.51. The summed E-state index contributed by atoms with van der Waals surface area (Å²) in [5.74, 6) is 0.361. The van der Waals surface area contributed by atoms with E-state index in [9.17, 15) is 4.79 Å². The molecule has 1 saturated carbocycles. The van der Waals surface area contributed by atoms with E-state index in [0.29, 0.717) is 12.5 Å². The molecule has 1 aliphatic heterocycles. The fourth-order valence-electron chi connectivity index (χ4n) is 3.37. The summed E-state index contributed by atoms with van der Waals surface area (Å²) in [5.41, 5.74) is 1.55. The highest BCUT2D eigenvalue weighted by atomic mass is 16.6. The van der Waals surface area contributed by atoms with Gasteiger partial charge in [0.1, 0.15) is 5.60 Å². The molecule has 3 rings (SSSR count). The van der Waals surface area contributed by atoms with Crippen LogP contribution in [0.1, 0.15) is 38.6 Å². The number of ether oxygens (including phenoxy) is 2. The number of nitrogens with one attached hydrogen (secondary N) is 3. The van der Waals surface area contributed by atoms with Crippen LogP contribution in [0.25, 0.3) is 0 Å². The second-order valence-corrected chi connectivity index (χ2v) is 7.34. The van der Waals surface area contributed by atoms with Gasteiger partial charge in [-0.1, -0.05) is 0 Å². The van der Waals surface area contributed by atoms with E-state index in [0.717, 1.165) is 24.4 Å². The van der Waals surface area contributed by atoms with Gasteiger partial charge in [0.15, 0.2) is 0 Å². The molecule has 23 heavy (non-hydrogen) atoms. The van der Waals surface area contributed by atoms with Crippen molar-refractivity contribution in [2.75, 3.05) is 6.61 Å². The maximum Gasteiger partial charge on any atom is 0.407 e. The minimum atomic E-state index is -0.492. The minimum Gasteiger partial charge on any atom is -0.444 e. The van der Waals surface area contributed by atoms with Crippen molar-refractivity contribution in [3.63, 3.8) is 0 Å². The zero-order valence-corrected chi connectivity index (χ0v) is 14.2. The summed E-state index contributed by atoms with van der Waals surface area (Å²) < 4.78 is 11.2. The number of rotatable bonds is 4. The first-order chi connectivity index (χ1) is 10.8. The standard InChI is InChI=1S/C16H26N4O3/c1-9-11(19-8-18-9)7-17-13-12(10-5-6-22-14(10)13)20-15(21)23-16(2,3)4/h8,10,12-14,17H,5-7H2,1-4H3,(H,18,19)(H,20,21). The molecule has 0 bridgehead atoms. The second-order valence-electron chi connectivity index (χ2n) is 7.34. The molecule has 3 N–H and O–H groups in total. The highest BCUT2D eigenvalue weighted by molar-refractivity contribution is 5.68. The van der Waals surface area contributed by atoms with E-state index < -0.39 is 5.60 Å². The van der Waals surface area contributed by atoms with Crippen molar-refractivity contribution < 1.29 is 14.3 Å². The summed E-state index contributed by atoms with van der Waals surface area (Å²) in [6, 6.07) is 0.128. The van der Waals surface area contributed by atoms with E-state index in [-0.39, 0.29) is 24.3 Å². The Morgan fingerprint density at radius 1 is 1.48 bits per heavy atom. The minimum absolute atomic E-state index is 0.0385. The quantitative estimate of drug-likeness (QED) is 0.781. The summed E-state index contributed by atoms with van der Waals surface area (Å²) >= 11 is 0. The fraction of sp³-hybridized carbons (Fsp3) is 0.750. The molecular weight excluding hydrogens is 296 g/mol. The molecule has 1 aromatic rings. The highest BCUT2D eigenvalue weighted by Crippen LogP contribution is 2.39. The van der Waals surface area contributed by atoms with Crippen LogP contribution in [0.4, 0.5) is 4.79 Å². The number of hydrogen-bond acceptors (Lipinski definition) is 5. The maximum absolute atomic E-state index is 12.1. The molecule has 1 saturated heterocycles. The van der Waals surface area contributed by atoms with Gasteiger partial charge in [0, 0.05) is 24.8 Å². The SMILES string of the molecule is Cc1[nH]cnc1CNC1C(NC(=O)OC(C)(C)C)C2CCOC21. The van der Waals surface area contributed by atoms with Crippen LogP contribution < -0.4 is 10.6 Å². The van der Waals surface area contributed by atoms with Crippen LogP contribution in [0.2, 0.25) is 0 Å². The van der Waals surface area contributed by atoms with E-state index in [1.165, 1.54) is 0 Å². The summed E-state index contributed by atoms with van der Waals surface area (Å²) in [6.45, 7) is 9.00. The van der Waals surface area contributed by atoms with Crippen LogP contribution in [-0.4, -0.2) is 46.5 Å². The van der Waals surface area contributed by atoms with Gasteiger partial charge in [0.05, 0.1) is 30.2 Å². The maximum atomic E-state index is 12.1. The molecular formula is C16H26N4O3. The van der Waals surface area contributed by atoms with E-state index >= 15 is 0 Å². The van der Waals surface area contributed by atoms with Crippen molar-refractivity contribution in [2.45, 2.75) is 64.4 Å². The summed E-state index contributed by atoms with van der Waals surface area (Å²) in [4.78, 5) is 19.4. The lowest BCUT2D eigenvalue weighted by molar-refractivity contribution is -0.0345. The average Bonchev–Trinajstić information content (AvgIpc) is 3.02. The van der Waals surface area contributed by atoms with Crippen molar-refractivity contribution in [3.05, 3.63) is 17.7 Å². The number of hydrogen-bond donors (Lipinski definition) is 3. The number of H-pyrrole nitrogens is 1. The zero-order valence-electron chi connectivity index (χ0n) is 14.2. The van der Waals surface area contributed by atoms with E-state index in [4.69, 9.17) is 9.47 Å². The van der Waals surface area contributed by atoms with Gasteiger partial charge in [-0.3, -0.25) is 0 Å². The lowest BCUT2D eigenvalue weighted by atomic mass is 9.71. The molecule has 2 heterocycles. The third-order valence-corrected chi connectivity index (χ3v) is 4.51. The largest absolute Gasteiger partial charge is 0.444 e. The normalized spacial score (nSPS) is 29.7. The van der Waals surface area contributed by atoms with E-state index in [2.05, 4.69) is 20.6 Å². The Hall–Kier alpha value is -1.60. The molecule has 7 nitrogen and oxygen atoms in total. The van der Waals surface area contributed by atoms with Crippen LogP contribution in [0, 0.1) is 12.8 Å². The number of aromatic nitrogens is 2. The molecule has 4 unspecified atom stereocenters. The topological polar surface area (TPSA) is 88.3 Å². The van der Waals surface area contributed by atoms with Gasteiger partial charge < -0.3 is 25.1 Å². The molecule has 1 amide bonds. The van der Waals surface area contributed by atoms with Crippen LogP contribution in [0.5, 0.6) is 0 Å². The first-order valence-electron chi connectivity index (χ1n) is 8.18. The third kappa shape index (κ3) is 3.50. The number of carbonyl (C=O) groups is 1. The van der Waals surface area contributed by atoms with E-state index in [1.807, 2.05) is 27.7 Å². The Morgan fingerprint density at radius 3 is 2.91 bits per heavy atom. The van der Waals surface area contributed by atoms with Gasteiger partial charge >= 0.3 is 6.09 Å². The van der Waals surface area contributed by atoms with E-state index in [1.54, 1.807) is 6.33 Å². The number of fused-ring (bicyclic) bond motifs is 1.